The minimum Gasteiger partial charge on any atom is -0.338 e. The molecule has 1 saturated carbocycles. The molecule has 0 atom stereocenters. The molecule has 7 heteroatoms. The molecule has 0 spiro atoms. The molecular formula is C19H24Cl3N3O. The second-order valence-corrected chi connectivity index (χ2v) is 7.32. The average molecular weight is 417 g/mol. The van der Waals surface area contributed by atoms with Crippen molar-refractivity contribution in [3.63, 3.8) is 0 Å². The van der Waals surface area contributed by atoms with Crippen LogP contribution in [0.4, 0.5) is 0 Å². The Morgan fingerprint density at radius 2 is 1.88 bits per heavy atom. The van der Waals surface area contributed by atoms with E-state index < -0.39 is 0 Å². The van der Waals surface area contributed by atoms with Gasteiger partial charge in [0.1, 0.15) is 0 Å². The van der Waals surface area contributed by atoms with Gasteiger partial charge in [0.25, 0.3) is 5.91 Å². The fourth-order valence-corrected chi connectivity index (χ4v) is 3.64. The number of carbonyl (C=O) groups is 1. The van der Waals surface area contributed by atoms with E-state index in [4.69, 9.17) is 11.6 Å². The molecule has 2 heterocycles. The molecule has 4 rings (SSSR count). The van der Waals surface area contributed by atoms with Gasteiger partial charge in [0, 0.05) is 30.7 Å². The Balaban J connectivity index is 0.00000121. The first-order valence-electron chi connectivity index (χ1n) is 8.78. The third-order valence-electron chi connectivity index (χ3n) is 5.12. The molecule has 1 amide bonds. The highest BCUT2D eigenvalue weighted by Gasteiger charge is 2.27. The number of amides is 1. The van der Waals surface area contributed by atoms with Crippen molar-refractivity contribution in [2.75, 3.05) is 19.6 Å². The molecule has 142 valence electrons. The van der Waals surface area contributed by atoms with Crippen LogP contribution in [0.5, 0.6) is 0 Å². The Hall–Kier alpha value is -1.07. The predicted octanol–water partition coefficient (Wildman–Crippen LogP) is 4.34. The molecule has 1 saturated heterocycles. The maximum absolute atomic E-state index is 12.9. The molecule has 1 aliphatic carbocycles. The van der Waals surface area contributed by atoms with Gasteiger partial charge in [-0.2, -0.15) is 0 Å². The molecule has 26 heavy (non-hydrogen) atoms. The zero-order valence-electron chi connectivity index (χ0n) is 14.5. The lowest BCUT2D eigenvalue weighted by Crippen LogP contribution is -2.45. The number of benzene rings is 1. The van der Waals surface area contributed by atoms with Crippen LogP contribution in [0.2, 0.25) is 5.02 Å². The van der Waals surface area contributed by atoms with Gasteiger partial charge in [0.2, 0.25) is 0 Å². The summed E-state index contributed by atoms with van der Waals surface area (Å²) >= 11 is 6.23. The first-order chi connectivity index (χ1) is 11.7. The molecule has 0 bridgehead atoms. The number of rotatable bonds is 4. The van der Waals surface area contributed by atoms with Gasteiger partial charge in [-0.1, -0.05) is 11.6 Å². The van der Waals surface area contributed by atoms with Crippen molar-refractivity contribution < 1.29 is 4.79 Å². The van der Waals surface area contributed by atoms with Gasteiger partial charge in [-0.05, 0) is 62.4 Å². The van der Waals surface area contributed by atoms with Gasteiger partial charge in [-0.25, -0.2) is 0 Å². The first-order valence-corrected chi connectivity index (χ1v) is 9.16. The van der Waals surface area contributed by atoms with Crippen molar-refractivity contribution in [3.8, 4) is 0 Å². The molecule has 1 N–H and O–H groups in total. The van der Waals surface area contributed by atoms with Crippen molar-refractivity contribution in [2.24, 2.45) is 5.92 Å². The highest BCUT2D eigenvalue weighted by molar-refractivity contribution is 6.36. The number of piperidine rings is 1. The highest BCUT2D eigenvalue weighted by atomic mass is 35.5. The van der Waals surface area contributed by atoms with Crippen LogP contribution in [0.1, 0.15) is 36.0 Å². The van der Waals surface area contributed by atoms with Crippen molar-refractivity contribution in [2.45, 2.75) is 31.7 Å². The standard InChI is InChI=1S/C19H22ClN3O.2ClH/c20-17-6-5-16(18-15(17)2-1-9-21-18)19(24)23-10-7-14(8-11-23)22-12-13-3-4-13;;/h1-2,5-6,9,13-14,22H,3-4,7-8,10-12H2;2*1H. The average Bonchev–Trinajstić information content (AvgIpc) is 3.45. The van der Waals surface area contributed by atoms with Crippen molar-refractivity contribution >= 4 is 53.2 Å². The molecule has 0 radical (unpaired) electrons. The summed E-state index contributed by atoms with van der Waals surface area (Å²) in [6.45, 7) is 2.75. The van der Waals surface area contributed by atoms with Gasteiger partial charge in [-0.3, -0.25) is 9.78 Å². The number of hydrogen-bond donors (Lipinski definition) is 1. The molecule has 2 aliphatic rings. The van der Waals surface area contributed by atoms with E-state index in [9.17, 15) is 4.79 Å². The lowest BCUT2D eigenvalue weighted by molar-refractivity contribution is 0.0707. The van der Waals surface area contributed by atoms with Crippen LogP contribution in [-0.4, -0.2) is 41.5 Å². The number of pyridine rings is 1. The second kappa shape index (κ2) is 9.23. The molecular weight excluding hydrogens is 393 g/mol. The Morgan fingerprint density at radius 3 is 2.58 bits per heavy atom. The number of hydrogen-bond acceptors (Lipinski definition) is 3. The topological polar surface area (TPSA) is 45.2 Å². The molecule has 4 nitrogen and oxygen atoms in total. The van der Waals surface area contributed by atoms with Gasteiger partial charge < -0.3 is 10.2 Å². The smallest absolute Gasteiger partial charge is 0.256 e. The molecule has 1 aliphatic heterocycles. The van der Waals surface area contributed by atoms with Crippen LogP contribution < -0.4 is 5.32 Å². The molecule has 0 unspecified atom stereocenters. The van der Waals surface area contributed by atoms with Gasteiger partial charge in [0.05, 0.1) is 16.1 Å². The number of halogens is 3. The van der Waals surface area contributed by atoms with E-state index in [0.717, 1.165) is 43.8 Å². The van der Waals surface area contributed by atoms with Crippen LogP contribution >= 0.6 is 36.4 Å². The lowest BCUT2D eigenvalue weighted by Gasteiger charge is -2.32. The number of aromatic nitrogens is 1. The summed E-state index contributed by atoms with van der Waals surface area (Å²) < 4.78 is 0. The van der Waals surface area contributed by atoms with Crippen molar-refractivity contribution in [3.05, 3.63) is 41.0 Å². The van der Waals surface area contributed by atoms with Crippen molar-refractivity contribution in [1.29, 1.82) is 0 Å². The zero-order chi connectivity index (χ0) is 16.5. The zero-order valence-corrected chi connectivity index (χ0v) is 16.9. The lowest BCUT2D eigenvalue weighted by atomic mass is 10.0. The Morgan fingerprint density at radius 1 is 1.15 bits per heavy atom. The fraction of sp³-hybridized carbons (Fsp3) is 0.474. The third-order valence-corrected chi connectivity index (χ3v) is 5.45. The fourth-order valence-electron chi connectivity index (χ4n) is 3.42. The Labute approximate surface area is 171 Å². The van der Waals surface area contributed by atoms with E-state index in [-0.39, 0.29) is 30.7 Å². The maximum atomic E-state index is 12.9. The van der Waals surface area contributed by atoms with E-state index in [1.165, 1.54) is 12.8 Å². The van der Waals surface area contributed by atoms with Gasteiger partial charge in [-0.15, -0.1) is 24.8 Å². The SMILES string of the molecule is Cl.Cl.O=C(c1ccc(Cl)c2cccnc12)N1CCC(NCC2CC2)CC1. The Kier molecular flexibility index (Phi) is 7.53. The van der Waals surface area contributed by atoms with E-state index in [1.54, 1.807) is 18.3 Å². The summed E-state index contributed by atoms with van der Waals surface area (Å²) in [7, 11) is 0. The highest BCUT2D eigenvalue weighted by Crippen LogP contribution is 2.29. The van der Waals surface area contributed by atoms with Crippen LogP contribution in [0.3, 0.4) is 0 Å². The molecule has 2 aromatic rings. The molecule has 1 aromatic heterocycles. The van der Waals surface area contributed by atoms with E-state index in [1.807, 2.05) is 17.0 Å². The summed E-state index contributed by atoms with van der Waals surface area (Å²) in [5, 5.41) is 5.13. The normalized spacial score (nSPS) is 17.5. The van der Waals surface area contributed by atoms with Gasteiger partial charge in [0.15, 0.2) is 0 Å². The minimum atomic E-state index is 0. The largest absolute Gasteiger partial charge is 0.338 e. The number of nitrogens with zero attached hydrogens (tertiary/aromatic N) is 2. The number of nitrogens with one attached hydrogen (secondary N) is 1. The summed E-state index contributed by atoms with van der Waals surface area (Å²) in [4.78, 5) is 19.3. The number of fused-ring (bicyclic) bond motifs is 1. The quantitative estimate of drug-likeness (QED) is 0.806. The summed E-state index contributed by atoms with van der Waals surface area (Å²) in [6.07, 6.45) is 6.51. The van der Waals surface area contributed by atoms with Crippen molar-refractivity contribution in [1.82, 2.24) is 15.2 Å². The predicted molar refractivity (Wildman–Crippen MR) is 111 cm³/mol. The van der Waals surface area contributed by atoms with Gasteiger partial charge >= 0.3 is 0 Å². The van der Waals surface area contributed by atoms with Crippen LogP contribution in [0, 0.1) is 5.92 Å². The minimum absolute atomic E-state index is 0. The molecule has 1 aromatic carbocycles. The summed E-state index contributed by atoms with van der Waals surface area (Å²) in [5.41, 5.74) is 1.35. The second-order valence-electron chi connectivity index (χ2n) is 6.91. The third kappa shape index (κ3) is 4.61. The Bertz CT molecular complexity index is 759. The summed E-state index contributed by atoms with van der Waals surface area (Å²) in [6, 6.07) is 7.91. The monoisotopic (exact) mass is 415 g/mol. The first kappa shape index (κ1) is 21.2. The van der Waals surface area contributed by atoms with Crippen LogP contribution in [0.15, 0.2) is 30.5 Å². The van der Waals surface area contributed by atoms with E-state index in [0.29, 0.717) is 22.1 Å². The van der Waals surface area contributed by atoms with E-state index >= 15 is 0 Å². The maximum Gasteiger partial charge on any atom is 0.256 e. The summed E-state index contributed by atoms with van der Waals surface area (Å²) in [5.74, 6) is 0.965. The molecule has 2 fully saturated rings. The van der Waals surface area contributed by atoms with Crippen LogP contribution in [-0.2, 0) is 0 Å². The number of carbonyl (C=O) groups excluding carboxylic acids is 1. The van der Waals surface area contributed by atoms with E-state index in [2.05, 4.69) is 10.3 Å². The van der Waals surface area contributed by atoms with Crippen LogP contribution in [0.25, 0.3) is 10.9 Å². The number of likely N-dealkylation sites (tertiary alicyclic amines) is 1.